The second-order valence-corrected chi connectivity index (χ2v) is 6.98. The van der Waals surface area contributed by atoms with Crippen LogP contribution in [0.3, 0.4) is 0 Å². The van der Waals surface area contributed by atoms with Crippen LogP contribution in [0.1, 0.15) is 53.9 Å². The summed E-state index contributed by atoms with van der Waals surface area (Å²) in [6.07, 6.45) is 4.11. The zero-order chi connectivity index (χ0) is 12.6. The first kappa shape index (κ1) is 13.4. The van der Waals surface area contributed by atoms with E-state index in [1.165, 1.54) is 32.4 Å². The number of nitrogens with zero attached hydrogens (tertiary/aromatic N) is 1. The van der Waals surface area contributed by atoms with Crippen LogP contribution < -0.4 is 5.32 Å². The maximum Gasteiger partial charge on any atom is 0.0253 e. The predicted octanol–water partition coefficient (Wildman–Crippen LogP) is 2.88. The van der Waals surface area contributed by atoms with Crippen LogP contribution in [-0.4, -0.2) is 35.6 Å². The Kier molecular flexibility index (Phi) is 3.84. The second-order valence-electron chi connectivity index (χ2n) is 6.98. The summed E-state index contributed by atoms with van der Waals surface area (Å²) in [7, 11) is 0. The van der Waals surface area contributed by atoms with Gasteiger partial charge in [0.05, 0.1) is 0 Å². The van der Waals surface area contributed by atoms with Gasteiger partial charge < -0.3 is 5.32 Å². The number of rotatable bonds is 2. The summed E-state index contributed by atoms with van der Waals surface area (Å²) in [5.74, 6) is 1.79. The molecule has 2 aliphatic rings. The molecule has 2 rings (SSSR count). The number of nitrogens with one attached hydrogen (secondary N) is 1. The maximum atomic E-state index is 3.70. The SMILES string of the molecule is CCC1CNC(C)(C)CN1C1CCC(C)C1C. The molecule has 0 aromatic carbocycles. The molecule has 0 aromatic heterocycles. The van der Waals surface area contributed by atoms with Gasteiger partial charge in [0.25, 0.3) is 0 Å². The maximum absolute atomic E-state index is 3.70. The Balaban J connectivity index is 2.10. The third-order valence-corrected chi connectivity index (χ3v) is 5.18. The summed E-state index contributed by atoms with van der Waals surface area (Å²) < 4.78 is 0. The average Bonchev–Trinajstić information content (AvgIpc) is 2.59. The molecule has 2 fully saturated rings. The van der Waals surface area contributed by atoms with E-state index in [0.717, 1.165) is 23.9 Å². The van der Waals surface area contributed by atoms with Crippen LogP contribution in [0.15, 0.2) is 0 Å². The Labute approximate surface area is 107 Å². The van der Waals surface area contributed by atoms with Gasteiger partial charge in [0.1, 0.15) is 0 Å². The Morgan fingerprint density at radius 2 is 1.94 bits per heavy atom. The molecule has 4 atom stereocenters. The molecular weight excluding hydrogens is 208 g/mol. The fraction of sp³-hybridized carbons (Fsp3) is 1.00. The van der Waals surface area contributed by atoms with Gasteiger partial charge >= 0.3 is 0 Å². The summed E-state index contributed by atoms with van der Waals surface area (Å²) in [5, 5.41) is 3.70. The number of hydrogen-bond acceptors (Lipinski definition) is 2. The highest BCUT2D eigenvalue weighted by molar-refractivity contribution is 4.98. The molecule has 1 saturated heterocycles. The van der Waals surface area contributed by atoms with Gasteiger partial charge in [-0.2, -0.15) is 0 Å². The van der Waals surface area contributed by atoms with Crippen molar-refractivity contribution in [2.75, 3.05) is 13.1 Å². The van der Waals surface area contributed by atoms with E-state index in [1.807, 2.05) is 0 Å². The highest BCUT2D eigenvalue weighted by Crippen LogP contribution is 2.37. The number of piperazine rings is 1. The molecule has 100 valence electrons. The smallest absolute Gasteiger partial charge is 0.0253 e. The lowest BCUT2D eigenvalue weighted by Crippen LogP contribution is -2.64. The minimum atomic E-state index is 0.289. The van der Waals surface area contributed by atoms with Gasteiger partial charge in [-0.1, -0.05) is 20.8 Å². The summed E-state index contributed by atoms with van der Waals surface area (Å²) in [5.41, 5.74) is 0.289. The third kappa shape index (κ3) is 2.68. The van der Waals surface area contributed by atoms with Gasteiger partial charge in [0.15, 0.2) is 0 Å². The molecule has 2 heteroatoms. The lowest BCUT2D eigenvalue weighted by Gasteiger charge is -2.48. The van der Waals surface area contributed by atoms with Crippen LogP contribution in [0.25, 0.3) is 0 Å². The van der Waals surface area contributed by atoms with Crippen molar-refractivity contribution in [1.29, 1.82) is 0 Å². The summed E-state index contributed by atoms with van der Waals surface area (Å²) in [6, 6.07) is 1.58. The van der Waals surface area contributed by atoms with Crippen LogP contribution in [0.5, 0.6) is 0 Å². The second kappa shape index (κ2) is 4.89. The lowest BCUT2D eigenvalue weighted by molar-refractivity contribution is 0.0356. The van der Waals surface area contributed by atoms with Gasteiger partial charge in [0, 0.05) is 30.7 Å². The molecule has 1 saturated carbocycles. The van der Waals surface area contributed by atoms with Crippen molar-refractivity contribution in [2.45, 2.75) is 71.5 Å². The zero-order valence-electron chi connectivity index (χ0n) is 12.3. The quantitative estimate of drug-likeness (QED) is 0.796. The van der Waals surface area contributed by atoms with E-state index >= 15 is 0 Å². The molecular formula is C15H30N2. The van der Waals surface area contributed by atoms with Gasteiger partial charge in [0.2, 0.25) is 0 Å². The molecule has 0 bridgehead atoms. The van der Waals surface area contributed by atoms with E-state index in [1.54, 1.807) is 0 Å². The van der Waals surface area contributed by atoms with E-state index in [2.05, 4.69) is 44.8 Å². The minimum Gasteiger partial charge on any atom is -0.309 e. The zero-order valence-corrected chi connectivity index (χ0v) is 12.3. The van der Waals surface area contributed by atoms with Crippen molar-refractivity contribution in [3.05, 3.63) is 0 Å². The molecule has 1 heterocycles. The largest absolute Gasteiger partial charge is 0.309 e. The van der Waals surface area contributed by atoms with Crippen LogP contribution in [0.4, 0.5) is 0 Å². The molecule has 1 aliphatic heterocycles. The molecule has 0 spiro atoms. The molecule has 1 N–H and O–H groups in total. The highest BCUT2D eigenvalue weighted by atomic mass is 15.3. The normalized spacial score (nSPS) is 42.9. The first-order chi connectivity index (χ1) is 7.94. The molecule has 0 amide bonds. The van der Waals surface area contributed by atoms with Gasteiger partial charge in [-0.25, -0.2) is 0 Å². The van der Waals surface area contributed by atoms with Crippen molar-refractivity contribution in [1.82, 2.24) is 10.2 Å². The molecule has 17 heavy (non-hydrogen) atoms. The minimum absolute atomic E-state index is 0.289. The standard InChI is InChI=1S/C15H30N2/c1-6-13-9-16-15(4,5)10-17(13)14-8-7-11(2)12(14)3/h11-14,16H,6-10H2,1-5H3. The topological polar surface area (TPSA) is 15.3 Å². The van der Waals surface area contributed by atoms with Crippen LogP contribution in [0.2, 0.25) is 0 Å². The Morgan fingerprint density at radius 3 is 2.47 bits per heavy atom. The van der Waals surface area contributed by atoms with Crippen LogP contribution in [-0.2, 0) is 0 Å². The van der Waals surface area contributed by atoms with E-state index in [-0.39, 0.29) is 5.54 Å². The van der Waals surface area contributed by atoms with E-state index in [4.69, 9.17) is 0 Å². The Morgan fingerprint density at radius 1 is 1.24 bits per heavy atom. The highest BCUT2D eigenvalue weighted by Gasteiger charge is 2.41. The number of hydrogen-bond donors (Lipinski definition) is 1. The summed E-state index contributed by atoms with van der Waals surface area (Å²) in [6.45, 7) is 14.3. The van der Waals surface area contributed by atoms with Crippen LogP contribution >= 0.6 is 0 Å². The first-order valence-corrected chi connectivity index (χ1v) is 7.45. The molecule has 1 aliphatic carbocycles. The third-order valence-electron chi connectivity index (χ3n) is 5.18. The van der Waals surface area contributed by atoms with Crippen molar-refractivity contribution in [3.8, 4) is 0 Å². The van der Waals surface area contributed by atoms with E-state index in [9.17, 15) is 0 Å². The first-order valence-electron chi connectivity index (χ1n) is 7.45. The van der Waals surface area contributed by atoms with Crippen molar-refractivity contribution < 1.29 is 0 Å². The molecule has 2 nitrogen and oxygen atoms in total. The molecule has 0 aromatic rings. The fourth-order valence-corrected chi connectivity index (χ4v) is 3.73. The summed E-state index contributed by atoms with van der Waals surface area (Å²) in [4.78, 5) is 2.82. The van der Waals surface area contributed by atoms with Gasteiger partial charge in [-0.3, -0.25) is 4.90 Å². The Bertz CT molecular complexity index is 262. The van der Waals surface area contributed by atoms with E-state index < -0.39 is 0 Å². The van der Waals surface area contributed by atoms with Crippen molar-refractivity contribution >= 4 is 0 Å². The lowest BCUT2D eigenvalue weighted by atomic mass is 9.91. The monoisotopic (exact) mass is 238 g/mol. The van der Waals surface area contributed by atoms with Gasteiger partial charge in [-0.15, -0.1) is 0 Å². The fourth-order valence-electron chi connectivity index (χ4n) is 3.73. The van der Waals surface area contributed by atoms with Crippen molar-refractivity contribution in [2.24, 2.45) is 11.8 Å². The van der Waals surface area contributed by atoms with Crippen LogP contribution in [0, 0.1) is 11.8 Å². The van der Waals surface area contributed by atoms with Crippen molar-refractivity contribution in [3.63, 3.8) is 0 Å². The Hall–Kier alpha value is -0.0800. The van der Waals surface area contributed by atoms with E-state index in [0.29, 0.717) is 0 Å². The summed E-state index contributed by atoms with van der Waals surface area (Å²) >= 11 is 0. The van der Waals surface area contributed by atoms with Gasteiger partial charge in [-0.05, 0) is 44.9 Å². The predicted molar refractivity (Wildman–Crippen MR) is 74.2 cm³/mol. The molecule has 4 unspecified atom stereocenters. The molecule has 0 radical (unpaired) electrons. The average molecular weight is 238 g/mol.